The molecular formula is C17H24N4O3S. The highest BCUT2D eigenvalue weighted by atomic mass is 32.2. The fourth-order valence-electron chi connectivity index (χ4n) is 3.38. The summed E-state index contributed by atoms with van der Waals surface area (Å²) in [6.07, 6.45) is 1.53. The molecule has 1 aromatic carbocycles. The van der Waals surface area contributed by atoms with Gasteiger partial charge in [0.05, 0.1) is 0 Å². The first-order valence-corrected chi connectivity index (χ1v) is 10.1. The maximum absolute atomic E-state index is 12.6. The van der Waals surface area contributed by atoms with E-state index in [-0.39, 0.29) is 22.9 Å². The number of likely N-dealkylation sites (N-methyl/N-ethyl adjacent to an activating group) is 1. The van der Waals surface area contributed by atoms with Crippen LogP contribution >= 0.6 is 0 Å². The average molecular weight is 364 g/mol. The van der Waals surface area contributed by atoms with E-state index in [4.69, 9.17) is 0 Å². The number of amides is 1. The Balaban J connectivity index is 1.78. The van der Waals surface area contributed by atoms with Crippen LogP contribution in [0.3, 0.4) is 0 Å². The number of rotatable bonds is 5. The summed E-state index contributed by atoms with van der Waals surface area (Å²) < 4.78 is 28.5. The Bertz CT molecular complexity index is 791. The molecule has 136 valence electrons. The second kappa shape index (κ2) is 7.13. The molecule has 2 atom stereocenters. The van der Waals surface area contributed by atoms with Crippen molar-refractivity contribution in [2.45, 2.75) is 43.7 Å². The molecule has 0 saturated carbocycles. The van der Waals surface area contributed by atoms with E-state index in [0.29, 0.717) is 30.9 Å². The summed E-state index contributed by atoms with van der Waals surface area (Å²) in [5, 5.41) is 6.21. The third-order valence-corrected chi connectivity index (χ3v) is 5.90. The summed E-state index contributed by atoms with van der Waals surface area (Å²) in [6.45, 7) is 6.05. The highest BCUT2D eigenvalue weighted by Gasteiger charge is 2.39. The monoisotopic (exact) mass is 364 g/mol. The van der Waals surface area contributed by atoms with E-state index in [0.717, 1.165) is 13.0 Å². The molecule has 8 heteroatoms. The van der Waals surface area contributed by atoms with Crippen molar-refractivity contribution in [1.29, 1.82) is 0 Å². The molecule has 2 aliphatic heterocycles. The predicted octanol–water partition coefficient (Wildman–Crippen LogP) is 0.714. The number of likely N-dealkylation sites (tertiary alicyclic amines) is 1. The lowest BCUT2D eigenvalue weighted by Crippen LogP contribution is -2.48. The minimum Gasteiger partial charge on any atom is -0.353 e. The summed E-state index contributed by atoms with van der Waals surface area (Å²) in [4.78, 5) is 14.7. The highest BCUT2D eigenvalue weighted by molar-refractivity contribution is 7.90. The number of hydrogen-bond acceptors (Lipinski definition) is 5. The van der Waals surface area contributed by atoms with Crippen molar-refractivity contribution >= 4 is 21.8 Å². The fourth-order valence-corrected chi connectivity index (χ4v) is 4.60. The quantitative estimate of drug-likeness (QED) is 0.803. The zero-order chi connectivity index (χ0) is 18.0. The number of amidine groups is 1. The van der Waals surface area contributed by atoms with E-state index in [1.165, 1.54) is 0 Å². The van der Waals surface area contributed by atoms with Gasteiger partial charge < -0.3 is 15.5 Å². The first-order valence-electron chi connectivity index (χ1n) is 8.66. The van der Waals surface area contributed by atoms with E-state index in [1.807, 2.05) is 18.7 Å². The van der Waals surface area contributed by atoms with Crippen LogP contribution in [-0.2, 0) is 14.8 Å². The van der Waals surface area contributed by atoms with E-state index in [9.17, 15) is 13.2 Å². The molecule has 1 aromatic rings. The fraction of sp³-hybridized carbons (Fsp3) is 0.529. The molecule has 1 fully saturated rings. The predicted molar refractivity (Wildman–Crippen MR) is 96.0 cm³/mol. The summed E-state index contributed by atoms with van der Waals surface area (Å²) >= 11 is 0. The van der Waals surface area contributed by atoms with Crippen LogP contribution in [0.25, 0.3) is 0 Å². The molecule has 0 aliphatic carbocycles. The second-order valence-electron chi connectivity index (χ2n) is 6.44. The third-order valence-electron chi connectivity index (χ3n) is 4.58. The van der Waals surface area contributed by atoms with Crippen LogP contribution in [0.2, 0.25) is 0 Å². The Morgan fingerprint density at radius 1 is 1.40 bits per heavy atom. The molecule has 0 spiro atoms. The smallest absolute Gasteiger partial charge is 0.285 e. The summed E-state index contributed by atoms with van der Waals surface area (Å²) in [7, 11) is -3.67. The zero-order valence-corrected chi connectivity index (χ0v) is 15.3. The van der Waals surface area contributed by atoms with Crippen molar-refractivity contribution in [3.05, 3.63) is 29.8 Å². The average Bonchev–Trinajstić information content (AvgIpc) is 3.16. The normalized spacial score (nSPS) is 22.4. The van der Waals surface area contributed by atoms with Crippen molar-refractivity contribution in [3.8, 4) is 0 Å². The topological polar surface area (TPSA) is 90.9 Å². The summed E-state index contributed by atoms with van der Waals surface area (Å²) in [5.41, 5.74) is 0.586. The molecule has 1 amide bonds. The van der Waals surface area contributed by atoms with E-state index >= 15 is 0 Å². The zero-order valence-electron chi connectivity index (χ0n) is 14.5. The van der Waals surface area contributed by atoms with Crippen LogP contribution in [0.4, 0.5) is 0 Å². The van der Waals surface area contributed by atoms with Gasteiger partial charge in [-0.05, 0) is 38.4 Å². The van der Waals surface area contributed by atoms with Crippen LogP contribution in [0.1, 0.15) is 32.3 Å². The van der Waals surface area contributed by atoms with Crippen LogP contribution in [-0.4, -0.2) is 56.8 Å². The number of carbonyl (C=O) groups is 1. The third kappa shape index (κ3) is 3.55. The van der Waals surface area contributed by atoms with Gasteiger partial charge in [0.15, 0.2) is 5.84 Å². The summed E-state index contributed by atoms with van der Waals surface area (Å²) in [6, 6.07) is 6.59. The Morgan fingerprint density at radius 3 is 2.92 bits per heavy atom. The standard InChI is InChI=1S/C17H24N4O3S/c1-3-18-12(2)11-19-17(22)14-8-6-10-21(14)16-13-7-4-5-9-15(13)25(23,24)20-16/h4-5,7,9,12,14,18H,3,6,8,10-11H2,1-2H3,(H,19,22)/t12-,14?/m1/s1. The Labute approximate surface area is 148 Å². The molecule has 2 aliphatic rings. The minimum absolute atomic E-state index is 0.0771. The van der Waals surface area contributed by atoms with Crippen molar-refractivity contribution in [1.82, 2.24) is 15.5 Å². The minimum atomic E-state index is -3.67. The van der Waals surface area contributed by atoms with E-state index in [1.54, 1.807) is 24.3 Å². The number of benzene rings is 1. The molecule has 7 nitrogen and oxygen atoms in total. The highest BCUT2D eigenvalue weighted by Crippen LogP contribution is 2.31. The number of carbonyl (C=O) groups excluding carboxylic acids is 1. The molecule has 1 unspecified atom stereocenters. The van der Waals surface area contributed by atoms with Gasteiger partial charge in [0.1, 0.15) is 10.9 Å². The van der Waals surface area contributed by atoms with Gasteiger partial charge in [-0.2, -0.15) is 8.42 Å². The lowest BCUT2D eigenvalue weighted by Gasteiger charge is -2.26. The van der Waals surface area contributed by atoms with Gasteiger partial charge in [0.2, 0.25) is 5.91 Å². The Kier molecular flexibility index (Phi) is 5.10. The number of sulfonamides is 1. The molecule has 3 rings (SSSR count). The molecule has 25 heavy (non-hydrogen) atoms. The van der Waals surface area contributed by atoms with Crippen molar-refractivity contribution in [2.75, 3.05) is 19.6 Å². The Hall–Kier alpha value is -1.93. The lowest BCUT2D eigenvalue weighted by molar-refractivity contribution is -0.124. The van der Waals surface area contributed by atoms with Crippen LogP contribution in [0.15, 0.2) is 33.6 Å². The first-order chi connectivity index (χ1) is 11.9. The SMILES string of the molecule is CCN[C@H](C)CNC(=O)C1CCCN1C1=NS(=O)(=O)c2ccccc21. The maximum atomic E-state index is 12.6. The van der Waals surface area contributed by atoms with Gasteiger partial charge in [-0.1, -0.05) is 19.1 Å². The van der Waals surface area contributed by atoms with E-state index < -0.39 is 10.0 Å². The van der Waals surface area contributed by atoms with Crippen molar-refractivity contribution in [3.63, 3.8) is 0 Å². The summed E-state index contributed by atoms with van der Waals surface area (Å²) in [5.74, 6) is 0.319. The Morgan fingerprint density at radius 2 is 2.16 bits per heavy atom. The first kappa shape index (κ1) is 17.9. The lowest BCUT2D eigenvalue weighted by atomic mass is 10.1. The number of nitrogens with one attached hydrogen (secondary N) is 2. The number of fused-ring (bicyclic) bond motifs is 1. The largest absolute Gasteiger partial charge is 0.353 e. The van der Waals surface area contributed by atoms with Crippen molar-refractivity contribution in [2.24, 2.45) is 4.40 Å². The van der Waals surface area contributed by atoms with Crippen molar-refractivity contribution < 1.29 is 13.2 Å². The van der Waals surface area contributed by atoms with Crippen LogP contribution in [0, 0.1) is 0 Å². The molecule has 2 heterocycles. The molecule has 0 bridgehead atoms. The molecule has 0 aromatic heterocycles. The second-order valence-corrected chi connectivity index (χ2v) is 8.01. The molecule has 2 N–H and O–H groups in total. The van der Waals surface area contributed by atoms with Crippen LogP contribution in [0.5, 0.6) is 0 Å². The molecule has 1 saturated heterocycles. The number of nitrogens with zero attached hydrogens (tertiary/aromatic N) is 2. The number of hydrogen-bond donors (Lipinski definition) is 2. The van der Waals surface area contributed by atoms with E-state index in [2.05, 4.69) is 15.0 Å². The van der Waals surface area contributed by atoms with Gasteiger partial charge in [0.25, 0.3) is 10.0 Å². The maximum Gasteiger partial charge on any atom is 0.285 e. The van der Waals surface area contributed by atoms with Crippen LogP contribution < -0.4 is 10.6 Å². The van der Waals surface area contributed by atoms with Gasteiger partial charge in [-0.25, -0.2) is 0 Å². The van der Waals surface area contributed by atoms with Gasteiger partial charge in [-0.3, -0.25) is 4.79 Å². The molecular weight excluding hydrogens is 340 g/mol. The van der Waals surface area contributed by atoms with Gasteiger partial charge >= 0.3 is 0 Å². The molecule has 0 radical (unpaired) electrons. The van der Waals surface area contributed by atoms with Gasteiger partial charge in [-0.15, -0.1) is 4.40 Å². The van der Waals surface area contributed by atoms with Gasteiger partial charge in [0, 0.05) is 24.7 Å².